The Bertz CT molecular complexity index is 1100. The number of benzene rings is 2. The number of carbonyl (C=O) groups is 2. The minimum absolute atomic E-state index is 0.00677. The summed E-state index contributed by atoms with van der Waals surface area (Å²) in [6, 6.07) is 5.03. The zero-order valence-electron chi connectivity index (χ0n) is 21.2. The maximum Gasteiger partial charge on any atom is 0.302 e. The summed E-state index contributed by atoms with van der Waals surface area (Å²) in [5, 5.41) is 21.4. The lowest BCUT2D eigenvalue weighted by atomic mass is 9.66. The summed E-state index contributed by atoms with van der Waals surface area (Å²) in [6.45, 7) is 2.73. The van der Waals surface area contributed by atoms with E-state index in [0.717, 1.165) is 5.56 Å². The molecule has 0 amide bonds. The van der Waals surface area contributed by atoms with Gasteiger partial charge in [0.05, 0.1) is 41.7 Å². The maximum absolute atomic E-state index is 11.8. The van der Waals surface area contributed by atoms with Crippen LogP contribution in [0.3, 0.4) is 0 Å². The second-order valence-corrected chi connectivity index (χ2v) is 8.52. The zero-order chi connectivity index (χ0) is 26.6. The molecule has 36 heavy (non-hydrogen) atoms. The first-order chi connectivity index (χ1) is 17.2. The van der Waals surface area contributed by atoms with Crippen LogP contribution in [0.5, 0.6) is 34.5 Å². The highest BCUT2D eigenvalue weighted by Gasteiger charge is 2.43. The van der Waals surface area contributed by atoms with Crippen molar-refractivity contribution in [1.82, 2.24) is 0 Å². The van der Waals surface area contributed by atoms with E-state index < -0.39 is 23.8 Å². The van der Waals surface area contributed by atoms with Gasteiger partial charge in [0.2, 0.25) is 11.5 Å². The number of aromatic hydroxyl groups is 2. The number of hydrogen-bond acceptors (Lipinski definition) is 10. The molecule has 0 aromatic heterocycles. The summed E-state index contributed by atoms with van der Waals surface area (Å²) in [7, 11) is 5.72. The number of hydrogen-bond donors (Lipinski definition) is 2. The summed E-state index contributed by atoms with van der Waals surface area (Å²) in [4.78, 5) is 23.5. The molecule has 196 valence electrons. The summed E-state index contributed by atoms with van der Waals surface area (Å²) < 4.78 is 32.6. The third kappa shape index (κ3) is 5.22. The lowest BCUT2D eigenvalue weighted by Gasteiger charge is -2.40. The first-order valence-corrected chi connectivity index (χ1v) is 11.3. The van der Waals surface area contributed by atoms with Crippen molar-refractivity contribution in [3.05, 3.63) is 34.9 Å². The summed E-state index contributed by atoms with van der Waals surface area (Å²) in [5.41, 5.74) is 2.10. The molecule has 10 heteroatoms. The first kappa shape index (κ1) is 26.8. The standard InChI is InChI=1S/C26H32O10/c1-13(27)35-11-17-7-15-8-21(33-5)25(30)26(34-6)23(15)22(18(17)12-36-14(2)28)16-9-19(31-3)24(29)20(10-16)32-4/h8-10,17-18,22,29-30H,7,11-12H2,1-6H3. The van der Waals surface area contributed by atoms with Gasteiger partial charge >= 0.3 is 11.9 Å². The smallest absolute Gasteiger partial charge is 0.302 e. The maximum atomic E-state index is 11.8. The third-order valence-electron chi connectivity index (χ3n) is 6.44. The fourth-order valence-corrected chi connectivity index (χ4v) is 4.84. The van der Waals surface area contributed by atoms with Crippen LogP contribution in [-0.2, 0) is 25.5 Å². The van der Waals surface area contributed by atoms with Gasteiger partial charge in [-0.25, -0.2) is 0 Å². The molecule has 3 unspecified atom stereocenters. The number of esters is 2. The topological polar surface area (TPSA) is 130 Å². The van der Waals surface area contributed by atoms with Gasteiger partial charge in [0.1, 0.15) is 0 Å². The van der Waals surface area contributed by atoms with Gasteiger partial charge in [0, 0.05) is 37.2 Å². The Morgan fingerprint density at radius 1 is 0.806 bits per heavy atom. The average molecular weight is 505 g/mol. The Labute approximate surface area is 209 Å². The molecular formula is C26H32O10. The van der Waals surface area contributed by atoms with E-state index in [4.69, 9.17) is 28.4 Å². The largest absolute Gasteiger partial charge is 0.502 e. The van der Waals surface area contributed by atoms with Crippen LogP contribution in [0.2, 0.25) is 0 Å². The Kier molecular flexibility index (Phi) is 8.39. The van der Waals surface area contributed by atoms with Crippen molar-refractivity contribution in [3.63, 3.8) is 0 Å². The minimum Gasteiger partial charge on any atom is -0.502 e. The van der Waals surface area contributed by atoms with E-state index >= 15 is 0 Å². The molecule has 1 aliphatic rings. The predicted molar refractivity (Wildman–Crippen MR) is 128 cm³/mol. The number of phenols is 2. The van der Waals surface area contributed by atoms with Crippen molar-refractivity contribution in [2.45, 2.75) is 26.2 Å². The Hall–Kier alpha value is -3.82. The number of methoxy groups -OCH3 is 4. The van der Waals surface area contributed by atoms with Crippen molar-refractivity contribution in [1.29, 1.82) is 0 Å². The summed E-state index contributed by atoms with van der Waals surface area (Å²) >= 11 is 0. The van der Waals surface area contributed by atoms with Crippen molar-refractivity contribution in [3.8, 4) is 34.5 Å². The normalized spacial score (nSPS) is 18.6. The monoisotopic (exact) mass is 504 g/mol. The van der Waals surface area contributed by atoms with Crippen LogP contribution in [0.4, 0.5) is 0 Å². The molecule has 3 atom stereocenters. The number of ether oxygens (including phenoxy) is 6. The highest BCUT2D eigenvalue weighted by molar-refractivity contribution is 5.67. The first-order valence-electron chi connectivity index (χ1n) is 11.3. The van der Waals surface area contributed by atoms with Gasteiger partial charge in [0.15, 0.2) is 23.0 Å². The summed E-state index contributed by atoms with van der Waals surface area (Å²) in [5.74, 6) is -1.65. The van der Waals surface area contributed by atoms with Crippen molar-refractivity contribution in [2.24, 2.45) is 11.8 Å². The Morgan fingerprint density at radius 3 is 1.83 bits per heavy atom. The van der Waals surface area contributed by atoms with E-state index in [0.29, 0.717) is 17.5 Å². The number of rotatable bonds is 9. The van der Waals surface area contributed by atoms with Crippen LogP contribution in [0.15, 0.2) is 18.2 Å². The molecule has 0 aliphatic heterocycles. The third-order valence-corrected chi connectivity index (χ3v) is 6.44. The van der Waals surface area contributed by atoms with Crippen LogP contribution in [-0.4, -0.2) is 63.8 Å². The highest BCUT2D eigenvalue weighted by atomic mass is 16.5. The predicted octanol–water partition coefficient (Wildman–Crippen LogP) is 3.18. The van der Waals surface area contributed by atoms with Gasteiger partial charge in [-0.2, -0.15) is 0 Å². The quantitative estimate of drug-likeness (QED) is 0.491. The number of phenolic OH excluding ortho intramolecular Hbond substituents is 2. The van der Waals surface area contributed by atoms with Gasteiger partial charge in [0.25, 0.3) is 0 Å². The molecule has 10 nitrogen and oxygen atoms in total. The molecule has 0 spiro atoms. The molecule has 0 saturated carbocycles. The molecule has 2 aromatic rings. The van der Waals surface area contributed by atoms with E-state index in [1.807, 2.05) is 0 Å². The minimum atomic E-state index is -0.538. The van der Waals surface area contributed by atoms with Crippen molar-refractivity contribution in [2.75, 3.05) is 41.7 Å². The average Bonchev–Trinajstić information content (AvgIpc) is 2.85. The van der Waals surface area contributed by atoms with Gasteiger partial charge in [-0.15, -0.1) is 0 Å². The molecule has 0 heterocycles. The van der Waals surface area contributed by atoms with Crippen LogP contribution < -0.4 is 18.9 Å². The second kappa shape index (κ2) is 11.3. The summed E-state index contributed by atoms with van der Waals surface area (Å²) in [6.07, 6.45) is 0.435. The van der Waals surface area contributed by atoms with Crippen LogP contribution in [0.25, 0.3) is 0 Å². The van der Waals surface area contributed by atoms with E-state index in [1.165, 1.54) is 42.3 Å². The Morgan fingerprint density at radius 2 is 1.33 bits per heavy atom. The van der Waals surface area contributed by atoms with Crippen LogP contribution in [0, 0.1) is 11.8 Å². The molecule has 0 saturated heterocycles. The highest BCUT2D eigenvalue weighted by Crippen LogP contribution is 2.54. The molecule has 0 radical (unpaired) electrons. The van der Waals surface area contributed by atoms with Crippen LogP contribution >= 0.6 is 0 Å². The molecule has 0 bridgehead atoms. The number of carbonyl (C=O) groups excluding carboxylic acids is 2. The second-order valence-electron chi connectivity index (χ2n) is 8.52. The lowest BCUT2D eigenvalue weighted by molar-refractivity contribution is -0.147. The Balaban J connectivity index is 2.33. The zero-order valence-corrected chi connectivity index (χ0v) is 21.2. The molecule has 3 rings (SSSR count). The molecular weight excluding hydrogens is 472 g/mol. The molecule has 0 fully saturated rings. The van der Waals surface area contributed by atoms with Gasteiger partial charge in [-0.1, -0.05) is 0 Å². The fraction of sp³-hybridized carbons (Fsp3) is 0.462. The van der Waals surface area contributed by atoms with Gasteiger partial charge < -0.3 is 38.6 Å². The van der Waals surface area contributed by atoms with Crippen molar-refractivity contribution >= 4 is 11.9 Å². The van der Waals surface area contributed by atoms with Gasteiger partial charge in [-0.3, -0.25) is 9.59 Å². The van der Waals surface area contributed by atoms with Crippen molar-refractivity contribution < 1.29 is 48.2 Å². The molecule has 1 aliphatic carbocycles. The van der Waals surface area contributed by atoms with Gasteiger partial charge in [-0.05, 0) is 35.7 Å². The van der Waals surface area contributed by atoms with E-state index in [2.05, 4.69) is 0 Å². The lowest BCUT2D eigenvalue weighted by Crippen LogP contribution is -2.37. The fourth-order valence-electron chi connectivity index (χ4n) is 4.84. The van der Waals surface area contributed by atoms with E-state index in [-0.39, 0.29) is 53.6 Å². The SMILES string of the molecule is COc1cc(C2c3c(cc(OC)c(O)c3OC)CC(COC(C)=O)C2COC(C)=O)cc(OC)c1O. The molecule has 2 aromatic carbocycles. The van der Waals surface area contributed by atoms with E-state index in [1.54, 1.807) is 18.2 Å². The van der Waals surface area contributed by atoms with Crippen LogP contribution in [0.1, 0.15) is 36.5 Å². The number of fused-ring (bicyclic) bond motifs is 1. The van der Waals surface area contributed by atoms with E-state index in [9.17, 15) is 19.8 Å². The molecule has 2 N–H and O–H groups in total.